The van der Waals surface area contributed by atoms with Gasteiger partial charge in [-0.3, -0.25) is 130 Å². The van der Waals surface area contributed by atoms with Crippen LogP contribution in [-0.4, -0.2) is 284 Å². The molecule has 6 aliphatic heterocycles. The third-order valence-electron chi connectivity index (χ3n) is 22.4. The van der Waals surface area contributed by atoms with Gasteiger partial charge in [0, 0.05) is 69.2 Å². The van der Waals surface area contributed by atoms with Crippen LogP contribution < -0.4 is 84.1 Å². The van der Waals surface area contributed by atoms with Crippen molar-refractivity contribution in [2.75, 3.05) is 94.5 Å². The number of H-pyrrole nitrogens is 3. The molecule has 143 heavy (non-hydrogen) atoms. The number of phosphoric ester groups is 6. The number of aromatic nitrogens is 18. The Kier molecular flexibility index (Phi) is 31.9. The second kappa shape index (κ2) is 42.9. The van der Waals surface area contributed by atoms with Crippen molar-refractivity contribution in [1.82, 2.24) is 103 Å². The summed E-state index contributed by atoms with van der Waals surface area (Å²) in [6, 6.07) is 2.31. The Balaban J connectivity index is 0.639. The molecule has 0 saturated carbocycles. The molecule has 9 aromatic heterocycles. The third-order valence-corrected chi connectivity index (χ3v) is 28.5. The molecule has 15 heterocycles. The number of imidazole rings is 3. The fraction of sp³-hybridized carbons (Fsp3) is 0.551. The summed E-state index contributed by atoms with van der Waals surface area (Å²) in [6.07, 6.45) is -25.2. The van der Waals surface area contributed by atoms with Crippen molar-refractivity contribution in [1.29, 1.82) is 0 Å². The van der Waals surface area contributed by atoms with Gasteiger partial charge in [0.15, 0.2) is 33.8 Å². The van der Waals surface area contributed by atoms with Crippen molar-refractivity contribution >= 4 is 133 Å². The highest BCUT2D eigenvalue weighted by molar-refractivity contribution is 7.48. The first-order chi connectivity index (χ1) is 67.3. The Morgan fingerprint density at radius 2 is 0.797 bits per heavy atom. The molecular weight excluding hydrogens is 2050 g/mol. The van der Waals surface area contributed by atoms with Gasteiger partial charge < -0.3 is 113 Å². The van der Waals surface area contributed by atoms with Crippen LogP contribution in [0.25, 0.3) is 33.5 Å². The van der Waals surface area contributed by atoms with Crippen molar-refractivity contribution in [3.63, 3.8) is 0 Å². The summed E-state index contributed by atoms with van der Waals surface area (Å²) in [5.74, 6) is -5.28. The number of carbonyl (C=O) groups is 4. The van der Waals surface area contributed by atoms with Gasteiger partial charge in [-0.25, -0.2) is 66.7 Å². The van der Waals surface area contributed by atoms with E-state index in [9.17, 15) is 105 Å². The molecule has 3 amide bonds. The lowest BCUT2D eigenvalue weighted by Crippen LogP contribution is -2.43. The number of anilines is 5. The van der Waals surface area contributed by atoms with Crippen LogP contribution in [0.1, 0.15) is 95.3 Å². The van der Waals surface area contributed by atoms with Crippen LogP contribution in [0.15, 0.2) is 84.8 Å². The fourth-order valence-electron chi connectivity index (χ4n) is 15.6. The van der Waals surface area contributed by atoms with Gasteiger partial charge in [0.05, 0.1) is 77.1 Å². The number of carbonyl (C=O) groups excluding carboxylic acids is 3. The number of hydrogen-bond acceptors (Lipinski definition) is 49. The van der Waals surface area contributed by atoms with Gasteiger partial charge in [0.25, 0.3) is 16.7 Å². The van der Waals surface area contributed by atoms with E-state index in [-0.39, 0.29) is 56.5 Å². The first kappa shape index (κ1) is 106. The third kappa shape index (κ3) is 25.9. The lowest BCUT2D eigenvalue weighted by Gasteiger charge is -2.26. The van der Waals surface area contributed by atoms with Gasteiger partial charge >= 0.3 is 70.0 Å². The lowest BCUT2D eigenvalue weighted by atomic mass is 9.94. The largest absolute Gasteiger partial charge is 0.480 e. The number of carboxylic acids is 1. The minimum absolute atomic E-state index is 0.0359. The summed E-state index contributed by atoms with van der Waals surface area (Å²) in [5, 5.41) is 15.9. The normalized spacial score (nSPS) is 27.2. The molecule has 0 aromatic carbocycles. The molecule has 0 aliphatic carbocycles. The number of ether oxygens (including phenoxy) is 6. The standard InChI is InChI=1S/C69H93N27O41P6/c1-29-18-93(68(107)90-60(29)101)48-8-30(36(126-48)15-76-45(98)16-77-44(97)14-70)132-138(108,109)120-21-39-33(12-50(130-39)95-27-82-54-58(95)86-64(74)88-61(54)102)135-141(114,115)121-19-37-31(9-46(127-37)91-6-4-42(71)84-66(91)105)133-139(110,111)123-22-40-34(13-51(131-40)96-28-83-55-59(96)87-65(75)89-62(55)103)136-142(116,117)122-20-38-32(10-47(128-38)92-7-5-43(72)85-67(92)106)134-140(112,113)124-23-41-35(11-49(129-41)94-26-81-53-56(73)79-25-80-57(53)94)137-143(118,119)125-24-69(2,3)63(104)78-17-52(99)100/h4-7,18,25-28,30-41,46-51H,8-17,19-24,70H2,1-3H3,(H,76,98)(H,77,97)(H,78,104)(H,99,100)(H,108,109)(H,110,111)(H,112,113)(H,114,115)(H,116,117)(H,118,119)(H2,71,84,105)(H2,72,85,106)(H2,73,79,80)(H,90,101,107)(H3,74,86,88,102)(H3,75,87,89,103)/t30-,31-,32-,33-,34-,35-,36+,37+,38+,39+,40+,41+,46+,47+,48+,49+,50+,51+/m0/s1. The van der Waals surface area contributed by atoms with Gasteiger partial charge in [-0.05, 0) is 32.9 Å². The average molecular weight is 2140 g/mol. The first-order valence-electron chi connectivity index (χ1n) is 42.3. The number of aliphatic carboxylic acids is 1. The predicted octanol–water partition coefficient (Wildman–Crippen LogP) is -4.47. The van der Waals surface area contributed by atoms with Gasteiger partial charge in [0.2, 0.25) is 29.6 Å². The Morgan fingerprint density at radius 1 is 0.441 bits per heavy atom. The molecule has 6 unspecified atom stereocenters. The number of nitrogens with zero attached hydrogens (tertiary/aromatic N) is 15. The van der Waals surface area contributed by atoms with Crippen molar-refractivity contribution in [2.45, 2.75) is 170 Å². The molecule has 0 bridgehead atoms. The van der Waals surface area contributed by atoms with Crippen molar-refractivity contribution in [2.24, 2.45) is 11.1 Å². The molecule has 24 atom stereocenters. The van der Waals surface area contributed by atoms with E-state index in [0.717, 1.165) is 72.5 Å². The predicted molar refractivity (Wildman–Crippen MR) is 471 cm³/mol. The molecule has 6 fully saturated rings. The van der Waals surface area contributed by atoms with Gasteiger partial charge in [0.1, 0.15) is 141 Å². The zero-order chi connectivity index (χ0) is 103. The number of nitrogen functional groups attached to an aromatic ring is 5. The number of carboxylic acid groups (broad SMARTS) is 1. The Hall–Kier alpha value is -11.0. The highest BCUT2D eigenvalue weighted by Gasteiger charge is 2.53. The summed E-state index contributed by atoms with van der Waals surface area (Å²) < 4.78 is 195. The van der Waals surface area contributed by atoms with Crippen LogP contribution in [0.5, 0.6) is 0 Å². The summed E-state index contributed by atoms with van der Waals surface area (Å²) >= 11 is 0. The maximum atomic E-state index is 14.6. The Bertz CT molecular complexity index is 7000. The fourth-order valence-corrected chi connectivity index (χ4v) is 21.5. The lowest BCUT2D eigenvalue weighted by molar-refractivity contribution is -0.140. The van der Waals surface area contributed by atoms with Gasteiger partial charge in [-0.15, -0.1) is 0 Å². The van der Waals surface area contributed by atoms with Crippen molar-refractivity contribution < 1.29 is 164 Å². The van der Waals surface area contributed by atoms with Crippen molar-refractivity contribution in [3.05, 3.63) is 124 Å². The monoisotopic (exact) mass is 2140 g/mol. The van der Waals surface area contributed by atoms with E-state index < -0.39 is 337 Å². The topological polar surface area (TPSA) is 966 Å². The summed E-state index contributed by atoms with van der Waals surface area (Å²) in [4.78, 5) is 239. The quantitative estimate of drug-likeness (QED) is 0.0160. The number of fused-ring (bicyclic) bond motifs is 3. The molecule has 68 nitrogen and oxygen atoms in total. The molecule has 6 saturated heterocycles. The van der Waals surface area contributed by atoms with Crippen LogP contribution in [0.2, 0.25) is 0 Å². The van der Waals surface area contributed by atoms with Crippen LogP contribution in [0, 0.1) is 12.3 Å². The van der Waals surface area contributed by atoms with Crippen LogP contribution in [0.4, 0.5) is 29.4 Å². The maximum Gasteiger partial charge on any atom is 0.472 e. The Morgan fingerprint density at radius 3 is 1.18 bits per heavy atom. The minimum atomic E-state index is -5.75. The maximum absolute atomic E-state index is 14.6. The van der Waals surface area contributed by atoms with E-state index in [0.29, 0.717) is 0 Å². The van der Waals surface area contributed by atoms with E-state index in [1.807, 2.05) is 0 Å². The van der Waals surface area contributed by atoms with Gasteiger partial charge in [-0.2, -0.15) is 19.9 Å². The second-order valence-electron chi connectivity index (χ2n) is 33.1. The average Bonchev–Trinajstić information content (AvgIpc) is 1.63. The number of hydrogen-bond donors (Lipinski definition) is 19. The molecule has 9 aromatic rings. The van der Waals surface area contributed by atoms with Crippen molar-refractivity contribution in [3.8, 4) is 0 Å². The molecule has 0 spiro atoms. The number of phosphoric acid groups is 6. The molecule has 0 radical (unpaired) electrons. The number of nitrogens with one attached hydrogen (secondary N) is 6. The van der Waals surface area contributed by atoms with Crippen LogP contribution in [0.3, 0.4) is 0 Å². The number of aromatic amines is 3. The second-order valence-corrected chi connectivity index (χ2v) is 41.5. The van der Waals surface area contributed by atoms with E-state index in [1.165, 1.54) is 31.7 Å². The zero-order valence-corrected chi connectivity index (χ0v) is 79.6. The molecule has 6 aliphatic rings. The molecule has 25 N–H and O–H groups in total. The molecule has 780 valence electrons. The number of rotatable bonds is 44. The summed E-state index contributed by atoms with van der Waals surface area (Å²) in [7, 11) is -33.6. The van der Waals surface area contributed by atoms with E-state index in [2.05, 4.69) is 75.8 Å². The molecular formula is C69H93N27O41P6. The Labute approximate surface area is 796 Å². The highest BCUT2D eigenvalue weighted by Crippen LogP contribution is 2.58. The zero-order valence-electron chi connectivity index (χ0n) is 74.3. The molecule has 74 heteroatoms. The first-order valence-corrected chi connectivity index (χ1v) is 51.3. The minimum Gasteiger partial charge on any atom is -0.480 e. The highest BCUT2D eigenvalue weighted by atomic mass is 31.2. The summed E-state index contributed by atoms with van der Waals surface area (Å²) in [5.41, 5.74) is 26.6. The van der Waals surface area contributed by atoms with E-state index in [4.69, 9.17) is 122 Å². The van der Waals surface area contributed by atoms with Crippen LogP contribution in [-0.2, 0) is 129 Å². The number of nitrogens with two attached hydrogens (primary N) is 6. The van der Waals surface area contributed by atoms with E-state index >= 15 is 0 Å². The molecule has 15 rings (SSSR count). The number of aryl methyl sites for hydroxylation is 1. The smallest absolute Gasteiger partial charge is 0.472 e. The van der Waals surface area contributed by atoms with E-state index in [1.54, 1.807) is 0 Å². The number of amides is 3. The van der Waals surface area contributed by atoms with Crippen LogP contribution >= 0.6 is 46.9 Å². The summed E-state index contributed by atoms with van der Waals surface area (Å²) in [6.45, 7) is -5.10. The SMILES string of the molecule is Cc1cn([C@H]2C[C@H](OP(=O)(O)OC[C@H]3O[C@@H](n4cnc5c(=O)[nH]c(N)nc54)C[C@@H]3OP(=O)(O)OC[C@H]3O[C@@H](n4ccc(N)nc4=O)C[C@@H]3OP(=O)(O)OC[C@H]3O[C@@H](n4cnc5c(=O)[nH]c(N)nc54)C[C@@H]3OP(=O)(O)OC[C@H]3O[C@@H](n4ccc(N)nc4=O)C[C@@H]3OP(=O)(O)OC[C@H]3O[C@@H](n4cnc5c(N)ncnc54)C[C@@H]3OP(=O)(O)OCC(C)(C)C(=O)NCC(=O)O)[C@@H](CNC(=O)CNC(=O)CN)O2)c(=O)[nH]c1=O. The van der Waals surface area contributed by atoms with Gasteiger partial charge in [-0.1, -0.05) is 0 Å².